The van der Waals surface area contributed by atoms with Gasteiger partial charge < -0.3 is 10.1 Å². The Labute approximate surface area is 102 Å². The van der Waals surface area contributed by atoms with Crippen molar-refractivity contribution >= 4 is 0 Å². The van der Waals surface area contributed by atoms with Gasteiger partial charge in [0.05, 0.1) is 0 Å². The minimum absolute atomic E-state index is 0.270. The third-order valence-electron chi connectivity index (χ3n) is 2.18. The predicted molar refractivity (Wildman–Crippen MR) is 68.6 cm³/mol. The van der Waals surface area contributed by atoms with Gasteiger partial charge in [-0.1, -0.05) is 26.5 Å². The SMILES string of the molecule is C=CCOc1cc(F)cc(CNCC(C)C)c1. The molecule has 0 amide bonds. The summed E-state index contributed by atoms with van der Waals surface area (Å²) in [6.07, 6.45) is 1.64. The zero-order valence-corrected chi connectivity index (χ0v) is 10.5. The van der Waals surface area contributed by atoms with Gasteiger partial charge in [-0.2, -0.15) is 0 Å². The highest BCUT2D eigenvalue weighted by Crippen LogP contribution is 2.16. The van der Waals surface area contributed by atoms with E-state index in [-0.39, 0.29) is 5.82 Å². The summed E-state index contributed by atoms with van der Waals surface area (Å²) in [6, 6.07) is 4.75. The van der Waals surface area contributed by atoms with Gasteiger partial charge in [-0.15, -0.1) is 0 Å². The molecule has 0 atom stereocenters. The average molecular weight is 237 g/mol. The minimum Gasteiger partial charge on any atom is -0.489 e. The van der Waals surface area contributed by atoms with Crippen molar-refractivity contribution in [2.24, 2.45) is 5.92 Å². The Morgan fingerprint density at radius 1 is 1.41 bits per heavy atom. The van der Waals surface area contributed by atoms with E-state index in [1.54, 1.807) is 6.08 Å². The van der Waals surface area contributed by atoms with Crippen LogP contribution in [-0.4, -0.2) is 13.2 Å². The quantitative estimate of drug-likeness (QED) is 0.736. The van der Waals surface area contributed by atoms with Crippen LogP contribution in [0.4, 0.5) is 4.39 Å². The maximum Gasteiger partial charge on any atom is 0.127 e. The van der Waals surface area contributed by atoms with Gasteiger partial charge >= 0.3 is 0 Å². The third kappa shape index (κ3) is 5.50. The molecule has 1 N–H and O–H groups in total. The fraction of sp³-hybridized carbons (Fsp3) is 0.429. The molecule has 0 saturated carbocycles. The fourth-order valence-corrected chi connectivity index (χ4v) is 1.47. The number of hydrogen-bond acceptors (Lipinski definition) is 2. The van der Waals surface area contributed by atoms with Crippen molar-refractivity contribution in [3.8, 4) is 5.75 Å². The Balaban J connectivity index is 2.58. The molecule has 17 heavy (non-hydrogen) atoms. The van der Waals surface area contributed by atoms with Gasteiger partial charge in [0.15, 0.2) is 0 Å². The molecular formula is C14H20FNO. The highest BCUT2D eigenvalue weighted by Gasteiger charge is 2.02. The first-order valence-corrected chi connectivity index (χ1v) is 5.85. The summed E-state index contributed by atoms with van der Waals surface area (Å²) in [7, 11) is 0. The number of hydrogen-bond donors (Lipinski definition) is 1. The van der Waals surface area contributed by atoms with Crippen molar-refractivity contribution in [3.63, 3.8) is 0 Å². The van der Waals surface area contributed by atoms with Crippen molar-refractivity contribution in [3.05, 3.63) is 42.2 Å². The lowest BCUT2D eigenvalue weighted by atomic mass is 10.2. The van der Waals surface area contributed by atoms with Crippen molar-refractivity contribution in [1.82, 2.24) is 5.32 Å². The summed E-state index contributed by atoms with van der Waals surface area (Å²) in [6.45, 7) is 9.79. The van der Waals surface area contributed by atoms with E-state index in [2.05, 4.69) is 25.7 Å². The molecule has 0 aliphatic rings. The molecule has 0 saturated heterocycles. The van der Waals surface area contributed by atoms with Gasteiger partial charge in [0.1, 0.15) is 18.2 Å². The normalized spacial score (nSPS) is 10.6. The van der Waals surface area contributed by atoms with Crippen LogP contribution in [0.25, 0.3) is 0 Å². The minimum atomic E-state index is -0.270. The first kappa shape index (κ1) is 13.7. The van der Waals surface area contributed by atoms with E-state index in [9.17, 15) is 4.39 Å². The number of ether oxygens (including phenoxy) is 1. The zero-order chi connectivity index (χ0) is 12.7. The number of halogens is 1. The number of benzene rings is 1. The van der Waals surface area contributed by atoms with Crippen molar-refractivity contribution in [2.75, 3.05) is 13.2 Å². The number of nitrogens with one attached hydrogen (secondary N) is 1. The molecule has 2 nitrogen and oxygen atoms in total. The average Bonchev–Trinajstić information content (AvgIpc) is 2.25. The lowest BCUT2D eigenvalue weighted by molar-refractivity contribution is 0.360. The molecule has 1 aromatic rings. The van der Waals surface area contributed by atoms with Crippen LogP contribution in [0.5, 0.6) is 5.75 Å². The van der Waals surface area contributed by atoms with Gasteiger partial charge in [0, 0.05) is 12.6 Å². The van der Waals surface area contributed by atoms with Gasteiger partial charge in [-0.3, -0.25) is 0 Å². The smallest absolute Gasteiger partial charge is 0.127 e. The lowest BCUT2D eigenvalue weighted by Crippen LogP contribution is -2.19. The third-order valence-corrected chi connectivity index (χ3v) is 2.18. The van der Waals surface area contributed by atoms with Crippen LogP contribution in [0.2, 0.25) is 0 Å². The van der Waals surface area contributed by atoms with Crippen LogP contribution < -0.4 is 10.1 Å². The van der Waals surface area contributed by atoms with E-state index in [1.807, 2.05) is 6.07 Å². The molecule has 1 aromatic carbocycles. The van der Waals surface area contributed by atoms with Gasteiger partial charge in [-0.25, -0.2) is 4.39 Å². The molecule has 0 heterocycles. The molecular weight excluding hydrogens is 217 g/mol. The second-order valence-corrected chi connectivity index (χ2v) is 4.42. The Morgan fingerprint density at radius 3 is 2.82 bits per heavy atom. The lowest BCUT2D eigenvalue weighted by Gasteiger charge is -2.09. The summed E-state index contributed by atoms with van der Waals surface area (Å²) < 4.78 is 18.6. The topological polar surface area (TPSA) is 21.3 Å². The molecule has 1 rings (SSSR count). The second kappa shape index (κ2) is 7.07. The van der Waals surface area contributed by atoms with E-state index in [0.717, 1.165) is 12.1 Å². The maximum atomic E-state index is 13.3. The van der Waals surface area contributed by atoms with Gasteiger partial charge in [0.25, 0.3) is 0 Å². The fourth-order valence-electron chi connectivity index (χ4n) is 1.47. The van der Waals surface area contributed by atoms with Crippen LogP contribution in [0.3, 0.4) is 0 Å². The van der Waals surface area contributed by atoms with E-state index in [0.29, 0.717) is 24.8 Å². The van der Waals surface area contributed by atoms with Gasteiger partial charge in [-0.05, 0) is 30.2 Å². The van der Waals surface area contributed by atoms with Crippen molar-refractivity contribution in [1.29, 1.82) is 0 Å². The summed E-state index contributed by atoms with van der Waals surface area (Å²) >= 11 is 0. The van der Waals surface area contributed by atoms with E-state index in [4.69, 9.17) is 4.74 Å². The summed E-state index contributed by atoms with van der Waals surface area (Å²) in [5.41, 5.74) is 0.893. The Bertz CT molecular complexity index is 363. The van der Waals surface area contributed by atoms with E-state index >= 15 is 0 Å². The monoisotopic (exact) mass is 237 g/mol. The molecule has 0 aromatic heterocycles. The van der Waals surface area contributed by atoms with Crippen LogP contribution in [0.15, 0.2) is 30.9 Å². The molecule has 0 aliphatic carbocycles. The summed E-state index contributed by atoms with van der Waals surface area (Å²) in [4.78, 5) is 0. The molecule has 0 aliphatic heterocycles. The van der Waals surface area contributed by atoms with Crippen LogP contribution >= 0.6 is 0 Å². The molecule has 94 valence electrons. The molecule has 3 heteroatoms. The van der Waals surface area contributed by atoms with E-state index in [1.165, 1.54) is 12.1 Å². The summed E-state index contributed by atoms with van der Waals surface area (Å²) in [5, 5.41) is 3.27. The van der Waals surface area contributed by atoms with E-state index < -0.39 is 0 Å². The standard InChI is InChI=1S/C14H20FNO/c1-4-5-17-14-7-12(6-13(15)8-14)10-16-9-11(2)3/h4,6-8,11,16H,1,5,9-10H2,2-3H3. The Hall–Kier alpha value is -1.35. The Morgan fingerprint density at radius 2 is 2.18 bits per heavy atom. The summed E-state index contributed by atoms with van der Waals surface area (Å²) in [5.74, 6) is 0.860. The molecule has 0 radical (unpaired) electrons. The second-order valence-electron chi connectivity index (χ2n) is 4.42. The maximum absolute atomic E-state index is 13.3. The molecule has 0 spiro atoms. The molecule has 0 bridgehead atoms. The first-order valence-electron chi connectivity index (χ1n) is 5.85. The van der Waals surface area contributed by atoms with Crippen LogP contribution in [-0.2, 0) is 6.54 Å². The van der Waals surface area contributed by atoms with Crippen molar-refractivity contribution < 1.29 is 9.13 Å². The van der Waals surface area contributed by atoms with Crippen LogP contribution in [0, 0.1) is 11.7 Å². The number of rotatable bonds is 7. The highest BCUT2D eigenvalue weighted by atomic mass is 19.1. The largest absolute Gasteiger partial charge is 0.489 e. The Kier molecular flexibility index (Phi) is 5.70. The molecule has 0 unspecified atom stereocenters. The first-order chi connectivity index (χ1) is 8.11. The van der Waals surface area contributed by atoms with Gasteiger partial charge in [0.2, 0.25) is 0 Å². The van der Waals surface area contributed by atoms with Crippen LogP contribution in [0.1, 0.15) is 19.4 Å². The van der Waals surface area contributed by atoms with Crippen molar-refractivity contribution in [2.45, 2.75) is 20.4 Å². The zero-order valence-electron chi connectivity index (χ0n) is 10.5. The highest BCUT2D eigenvalue weighted by molar-refractivity contribution is 5.29. The molecule has 0 fully saturated rings. The predicted octanol–water partition coefficient (Wildman–Crippen LogP) is 3.14.